The summed E-state index contributed by atoms with van der Waals surface area (Å²) in [5.41, 5.74) is -0.141. The Hall–Kier alpha value is -1.27. The summed E-state index contributed by atoms with van der Waals surface area (Å²) in [6.07, 6.45) is -1.84. The second-order valence-corrected chi connectivity index (χ2v) is 6.26. The van der Waals surface area contributed by atoms with E-state index in [4.69, 9.17) is 0 Å². The Morgan fingerprint density at radius 3 is 2.79 bits per heavy atom. The maximum atomic E-state index is 12.7. The first-order valence-electron chi connectivity index (χ1n) is 8.01. The molecule has 2 N–H and O–H groups in total. The van der Waals surface area contributed by atoms with E-state index in [1.807, 2.05) is 0 Å². The predicted molar refractivity (Wildman–Crippen MR) is 90.2 cm³/mol. The number of piperidine rings is 1. The average Bonchev–Trinajstić information content (AvgIpc) is 2.53. The van der Waals surface area contributed by atoms with Crippen LogP contribution in [0.1, 0.15) is 30.9 Å². The Morgan fingerprint density at radius 2 is 2.17 bits per heavy atom. The van der Waals surface area contributed by atoms with Crippen molar-refractivity contribution in [2.24, 2.45) is 11.8 Å². The SMILES string of the molecule is CC(Cc1cccc(C(F)(F)F)c1)C(=O)NCC1CCCNC1.Cl. The first-order chi connectivity index (χ1) is 10.9. The highest BCUT2D eigenvalue weighted by Gasteiger charge is 2.30. The van der Waals surface area contributed by atoms with Crippen LogP contribution in [0, 0.1) is 11.8 Å². The molecule has 0 aromatic heterocycles. The third-order valence-corrected chi connectivity index (χ3v) is 4.21. The van der Waals surface area contributed by atoms with E-state index in [9.17, 15) is 18.0 Å². The molecule has 1 amide bonds. The molecule has 2 unspecified atom stereocenters. The fourth-order valence-electron chi connectivity index (χ4n) is 2.84. The minimum atomic E-state index is -4.35. The van der Waals surface area contributed by atoms with Crippen LogP contribution in [0.5, 0.6) is 0 Å². The van der Waals surface area contributed by atoms with Crippen molar-refractivity contribution < 1.29 is 18.0 Å². The lowest BCUT2D eigenvalue weighted by Crippen LogP contribution is -2.40. The zero-order valence-corrected chi connectivity index (χ0v) is 14.5. The molecule has 2 atom stereocenters. The smallest absolute Gasteiger partial charge is 0.356 e. The number of carbonyl (C=O) groups is 1. The molecule has 0 bridgehead atoms. The van der Waals surface area contributed by atoms with Crippen LogP contribution in [0.15, 0.2) is 24.3 Å². The molecule has 3 nitrogen and oxygen atoms in total. The summed E-state index contributed by atoms with van der Waals surface area (Å²) in [5.74, 6) is -0.0172. The van der Waals surface area contributed by atoms with Crippen molar-refractivity contribution in [2.45, 2.75) is 32.4 Å². The van der Waals surface area contributed by atoms with Crippen LogP contribution < -0.4 is 10.6 Å². The van der Waals surface area contributed by atoms with E-state index in [0.29, 0.717) is 24.4 Å². The molecule has 136 valence electrons. The van der Waals surface area contributed by atoms with Gasteiger partial charge in [0.1, 0.15) is 0 Å². The summed E-state index contributed by atoms with van der Waals surface area (Å²) >= 11 is 0. The Bertz CT molecular complexity index is 531. The average molecular weight is 365 g/mol. The molecule has 24 heavy (non-hydrogen) atoms. The molecule has 7 heteroatoms. The Balaban J connectivity index is 0.00000288. The normalized spacial score (nSPS) is 19.2. The summed E-state index contributed by atoms with van der Waals surface area (Å²) < 4.78 is 38.1. The number of halogens is 4. The van der Waals surface area contributed by atoms with Gasteiger partial charge in [0.05, 0.1) is 5.56 Å². The van der Waals surface area contributed by atoms with Crippen molar-refractivity contribution in [3.8, 4) is 0 Å². The largest absolute Gasteiger partial charge is 0.416 e. The lowest BCUT2D eigenvalue weighted by atomic mass is 9.97. The number of carbonyl (C=O) groups excluding carboxylic acids is 1. The number of alkyl halides is 3. The van der Waals surface area contributed by atoms with Crippen molar-refractivity contribution in [3.05, 3.63) is 35.4 Å². The number of rotatable bonds is 5. The van der Waals surface area contributed by atoms with Gasteiger partial charge in [-0.3, -0.25) is 4.79 Å². The lowest BCUT2D eigenvalue weighted by Gasteiger charge is -2.23. The summed E-state index contributed by atoms with van der Waals surface area (Å²) in [4.78, 5) is 12.1. The fraction of sp³-hybridized carbons (Fsp3) is 0.588. The molecule has 1 heterocycles. The summed E-state index contributed by atoms with van der Waals surface area (Å²) in [7, 11) is 0. The monoisotopic (exact) mass is 364 g/mol. The van der Waals surface area contributed by atoms with Gasteiger partial charge in [-0.25, -0.2) is 0 Å². The van der Waals surface area contributed by atoms with Gasteiger partial charge in [0.25, 0.3) is 0 Å². The van der Waals surface area contributed by atoms with Gasteiger partial charge in [0.2, 0.25) is 5.91 Å². The number of benzene rings is 1. The minimum absolute atomic E-state index is 0. The molecule has 0 spiro atoms. The molecule has 1 aromatic rings. The molecule has 2 rings (SSSR count). The molecular formula is C17H24ClF3N2O. The molecule has 1 aliphatic rings. The van der Waals surface area contributed by atoms with Crippen molar-refractivity contribution in [1.82, 2.24) is 10.6 Å². The van der Waals surface area contributed by atoms with E-state index in [1.165, 1.54) is 6.07 Å². The third-order valence-electron chi connectivity index (χ3n) is 4.21. The molecule has 0 saturated carbocycles. The number of amides is 1. The quantitative estimate of drug-likeness (QED) is 0.840. The second-order valence-electron chi connectivity index (χ2n) is 6.26. The standard InChI is InChI=1S/C17H23F3N2O.ClH/c1-12(16(23)22-11-14-5-3-7-21-10-14)8-13-4-2-6-15(9-13)17(18,19)20;/h2,4,6,9,12,14,21H,3,5,7-8,10-11H2,1H3,(H,22,23);1H. The van der Waals surface area contributed by atoms with Gasteiger partial charge in [0.15, 0.2) is 0 Å². The zero-order chi connectivity index (χ0) is 16.9. The Labute approximate surface area is 146 Å². The Kier molecular flexibility index (Phi) is 8.03. The van der Waals surface area contributed by atoms with Gasteiger partial charge < -0.3 is 10.6 Å². The molecule has 1 aliphatic heterocycles. The molecule has 0 radical (unpaired) electrons. The highest BCUT2D eigenvalue weighted by Crippen LogP contribution is 2.30. The van der Waals surface area contributed by atoms with Crippen molar-refractivity contribution in [1.29, 1.82) is 0 Å². The van der Waals surface area contributed by atoms with Crippen LogP contribution in [-0.4, -0.2) is 25.5 Å². The van der Waals surface area contributed by atoms with E-state index in [-0.39, 0.29) is 24.2 Å². The molecule has 1 saturated heterocycles. The van der Waals surface area contributed by atoms with Gasteiger partial charge in [-0.2, -0.15) is 13.2 Å². The van der Waals surface area contributed by atoms with Gasteiger partial charge >= 0.3 is 6.18 Å². The third kappa shape index (κ3) is 6.32. The molecule has 1 fully saturated rings. The maximum absolute atomic E-state index is 12.7. The van der Waals surface area contributed by atoms with Gasteiger partial charge in [-0.1, -0.05) is 25.1 Å². The van der Waals surface area contributed by atoms with E-state index in [1.54, 1.807) is 13.0 Å². The second kappa shape index (κ2) is 9.28. The van der Waals surface area contributed by atoms with Crippen molar-refractivity contribution in [2.75, 3.05) is 19.6 Å². The van der Waals surface area contributed by atoms with Crippen LogP contribution in [0.4, 0.5) is 13.2 Å². The van der Waals surface area contributed by atoms with Crippen molar-refractivity contribution in [3.63, 3.8) is 0 Å². The van der Waals surface area contributed by atoms with Crippen LogP contribution in [0.3, 0.4) is 0 Å². The topological polar surface area (TPSA) is 41.1 Å². The van der Waals surface area contributed by atoms with Crippen LogP contribution in [0.25, 0.3) is 0 Å². The zero-order valence-electron chi connectivity index (χ0n) is 13.7. The molecule has 0 aliphatic carbocycles. The maximum Gasteiger partial charge on any atom is 0.416 e. The lowest BCUT2D eigenvalue weighted by molar-refractivity contribution is -0.137. The number of hydrogen-bond donors (Lipinski definition) is 2. The highest BCUT2D eigenvalue weighted by molar-refractivity contribution is 5.85. The number of hydrogen-bond acceptors (Lipinski definition) is 2. The highest BCUT2D eigenvalue weighted by atomic mass is 35.5. The van der Waals surface area contributed by atoms with Crippen LogP contribution in [0.2, 0.25) is 0 Å². The summed E-state index contributed by atoms with van der Waals surface area (Å²) in [6.45, 7) is 4.30. The summed E-state index contributed by atoms with van der Waals surface area (Å²) in [5, 5.41) is 6.21. The number of nitrogens with one attached hydrogen (secondary N) is 2. The minimum Gasteiger partial charge on any atom is -0.356 e. The molecular weight excluding hydrogens is 341 g/mol. The summed E-state index contributed by atoms with van der Waals surface area (Å²) in [6, 6.07) is 5.18. The van der Waals surface area contributed by atoms with Crippen molar-refractivity contribution >= 4 is 18.3 Å². The van der Waals surface area contributed by atoms with Gasteiger partial charge in [-0.15, -0.1) is 12.4 Å². The van der Waals surface area contributed by atoms with Gasteiger partial charge in [0, 0.05) is 12.5 Å². The molecule has 1 aromatic carbocycles. The first kappa shape index (κ1) is 20.8. The first-order valence-corrected chi connectivity index (χ1v) is 8.01. The fourth-order valence-corrected chi connectivity index (χ4v) is 2.84. The Morgan fingerprint density at radius 1 is 1.42 bits per heavy atom. The van der Waals surface area contributed by atoms with E-state index in [2.05, 4.69) is 10.6 Å². The van der Waals surface area contributed by atoms with E-state index < -0.39 is 11.7 Å². The van der Waals surface area contributed by atoms with Gasteiger partial charge in [-0.05, 0) is 49.9 Å². The predicted octanol–water partition coefficient (Wildman–Crippen LogP) is 3.42. The van der Waals surface area contributed by atoms with E-state index >= 15 is 0 Å². The van der Waals surface area contributed by atoms with Crippen LogP contribution in [-0.2, 0) is 17.4 Å². The van der Waals surface area contributed by atoms with Crippen LogP contribution >= 0.6 is 12.4 Å². The van der Waals surface area contributed by atoms with E-state index in [0.717, 1.165) is 38.1 Å².